The molecule has 0 aromatic rings. The summed E-state index contributed by atoms with van der Waals surface area (Å²) in [5, 5.41) is 6.32. The number of likely N-dealkylation sites (tertiary alicyclic amines) is 1. The normalized spacial score (nSPS) is 27.4. The maximum atomic E-state index is 12.7. The zero-order valence-electron chi connectivity index (χ0n) is 14.9. The van der Waals surface area contributed by atoms with Gasteiger partial charge in [0.15, 0.2) is 0 Å². The highest BCUT2D eigenvalue weighted by Gasteiger charge is 2.27. The highest BCUT2D eigenvalue weighted by atomic mass is 16.2. The van der Waals surface area contributed by atoms with Gasteiger partial charge in [0.05, 0.1) is 6.04 Å². The smallest absolute Gasteiger partial charge is 0.249 e. The molecular formula is C19H31N3O2. The Balaban J connectivity index is 1.49. The van der Waals surface area contributed by atoms with E-state index in [0.717, 1.165) is 63.7 Å². The molecule has 0 aromatic heterocycles. The van der Waals surface area contributed by atoms with Crippen molar-refractivity contribution >= 4 is 11.8 Å². The fourth-order valence-electron chi connectivity index (χ4n) is 4.26. The number of carbonyl (C=O) groups excluding carboxylic acids is 2. The topological polar surface area (TPSA) is 61.4 Å². The van der Waals surface area contributed by atoms with Crippen LogP contribution in [0.3, 0.4) is 0 Å². The monoisotopic (exact) mass is 333 g/mol. The van der Waals surface area contributed by atoms with Gasteiger partial charge < -0.3 is 15.5 Å². The molecule has 24 heavy (non-hydrogen) atoms. The molecule has 3 fully saturated rings. The first kappa shape index (κ1) is 17.5. The van der Waals surface area contributed by atoms with E-state index in [1.54, 1.807) is 0 Å². The van der Waals surface area contributed by atoms with Gasteiger partial charge in [-0.25, -0.2) is 0 Å². The van der Waals surface area contributed by atoms with Crippen LogP contribution in [-0.2, 0) is 9.59 Å². The standard InChI is InChI=1S/C19H31N3O2/c1-14(16-7-2-3-8-16)19(24)22-11-5-6-15(13-22)12-21-18(23)17-9-4-10-20-17/h15,17,20H,2-13H2,1H3,(H,21,23)/t15-,17+/m0/s1. The van der Waals surface area contributed by atoms with Crippen LogP contribution in [0.25, 0.3) is 0 Å². The fourth-order valence-corrected chi connectivity index (χ4v) is 4.26. The molecule has 2 N–H and O–H groups in total. The summed E-state index contributed by atoms with van der Waals surface area (Å²) in [6.07, 6.45) is 8.80. The van der Waals surface area contributed by atoms with Crippen molar-refractivity contribution in [2.75, 3.05) is 26.2 Å². The molecule has 0 unspecified atom stereocenters. The lowest BCUT2D eigenvalue weighted by Gasteiger charge is -2.33. The van der Waals surface area contributed by atoms with Crippen molar-refractivity contribution in [2.24, 2.45) is 5.92 Å². The Morgan fingerprint density at radius 3 is 2.67 bits per heavy atom. The summed E-state index contributed by atoms with van der Waals surface area (Å²) in [6.45, 7) is 5.27. The van der Waals surface area contributed by atoms with Crippen molar-refractivity contribution in [3.8, 4) is 0 Å². The first-order chi connectivity index (χ1) is 11.6. The number of amides is 2. The maximum Gasteiger partial charge on any atom is 0.249 e. The van der Waals surface area contributed by atoms with Crippen LogP contribution >= 0.6 is 0 Å². The minimum absolute atomic E-state index is 0.0133. The average molecular weight is 333 g/mol. The molecule has 3 rings (SSSR count). The first-order valence-corrected chi connectivity index (χ1v) is 9.64. The Hall–Kier alpha value is -1.36. The van der Waals surface area contributed by atoms with Crippen LogP contribution in [0, 0.1) is 5.92 Å². The van der Waals surface area contributed by atoms with Gasteiger partial charge in [0.25, 0.3) is 0 Å². The number of piperidine rings is 1. The van der Waals surface area contributed by atoms with Crippen molar-refractivity contribution in [1.29, 1.82) is 0 Å². The van der Waals surface area contributed by atoms with Gasteiger partial charge in [-0.1, -0.05) is 5.57 Å². The summed E-state index contributed by atoms with van der Waals surface area (Å²) in [4.78, 5) is 26.9. The Morgan fingerprint density at radius 2 is 1.96 bits per heavy atom. The van der Waals surface area contributed by atoms with E-state index in [-0.39, 0.29) is 17.9 Å². The van der Waals surface area contributed by atoms with E-state index < -0.39 is 0 Å². The second-order valence-electron chi connectivity index (χ2n) is 7.59. The van der Waals surface area contributed by atoms with E-state index in [1.165, 1.54) is 18.4 Å². The van der Waals surface area contributed by atoms with Crippen LogP contribution in [-0.4, -0.2) is 48.9 Å². The van der Waals surface area contributed by atoms with Gasteiger partial charge in [0.2, 0.25) is 11.8 Å². The number of nitrogens with one attached hydrogen (secondary N) is 2. The van der Waals surface area contributed by atoms with Crippen LogP contribution in [0.4, 0.5) is 0 Å². The van der Waals surface area contributed by atoms with E-state index in [2.05, 4.69) is 10.6 Å². The third kappa shape index (κ3) is 4.18. The van der Waals surface area contributed by atoms with Crippen molar-refractivity contribution < 1.29 is 9.59 Å². The molecule has 1 aliphatic carbocycles. The summed E-state index contributed by atoms with van der Waals surface area (Å²) in [7, 11) is 0. The molecule has 2 saturated heterocycles. The summed E-state index contributed by atoms with van der Waals surface area (Å²) >= 11 is 0. The van der Waals surface area contributed by atoms with Crippen molar-refractivity contribution in [1.82, 2.24) is 15.5 Å². The molecule has 2 amide bonds. The van der Waals surface area contributed by atoms with Crippen LogP contribution in [0.5, 0.6) is 0 Å². The Bertz CT molecular complexity index is 501. The summed E-state index contributed by atoms with van der Waals surface area (Å²) in [6, 6.07) is -0.0133. The molecule has 0 radical (unpaired) electrons. The predicted octanol–water partition coefficient (Wildman–Crippen LogP) is 1.98. The van der Waals surface area contributed by atoms with Crippen LogP contribution < -0.4 is 10.6 Å². The van der Waals surface area contributed by atoms with Crippen molar-refractivity contribution in [2.45, 2.75) is 64.3 Å². The summed E-state index contributed by atoms with van der Waals surface area (Å²) in [5.74, 6) is 0.732. The molecule has 2 atom stereocenters. The number of hydrogen-bond acceptors (Lipinski definition) is 3. The summed E-state index contributed by atoms with van der Waals surface area (Å²) < 4.78 is 0. The minimum Gasteiger partial charge on any atom is -0.354 e. The Kier molecular flexibility index (Phi) is 5.93. The lowest BCUT2D eigenvalue weighted by Crippen LogP contribution is -2.47. The highest BCUT2D eigenvalue weighted by Crippen LogP contribution is 2.28. The molecule has 3 aliphatic rings. The third-order valence-corrected chi connectivity index (χ3v) is 5.81. The van der Waals surface area contributed by atoms with Gasteiger partial charge >= 0.3 is 0 Å². The van der Waals surface area contributed by atoms with Gasteiger partial charge in [0.1, 0.15) is 0 Å². The Morgan fingerprint density at radius 1 is 1.17 bits per heavy atom. The van der Waals surface area contributed by atoms with Crippen LogP contribution in [0.15, 0.2) is 11.1 Å². The van der Waals surface area contributed by atoms with E-state index in [9.17, 15) is 9.59 Å². The highest BCUT2D eigenvalue weighted by molar-refractivity contribution is 5.93. The fraction of sp³-hybridized carbons (Fsp3) is 0.789. The van der Waals surface area contributed by atoms with Gasteiger partial charge in [-0.3, -0.25) is 9.59 Å². The van der Waals surface area contributed by atoms with E-state index in [0.29, 0.717) is 12.5 Å². The molecule has 1 saturated carbocycles. The molecule has 0 bridgehead atoms. The van der Waals surface area contributed by atoms with Gasteiger partial charge in [0, 0.05) is 25.2 Å². The average Bonchev–Trinajstić information content (AvgIpc) is 3.32. The SMILES string of the molecule is CC(C(=O)N1CCC[C@@H](CNC(=O)[C@H]2CCCN2)C1)=C1CCCC1. The zero-order chi connectivity index (χ0) is 16.9. The molecule has 5 nitrogen and oxygen atoms in total. The zero-order valence-corrected chi connectivity index (χ0v) is 14.9. The van der Waals surface area contributed by atoms with Crippen molar-refractivity contribution in [3.63, 3.8) is 0 Å². The molecule has 2 aliphatic heterocycles. The third-order valence-electron chi connectivity index (χ3n) is 5.81. The summed E-state index contributed by atoms with van der Waals surface area (Å²) in [5.41, 5.74) is 2.34. The Labute approximate surface area is 145 Å². The maximum absolute atomic E-state index is 12.7. The van der Waals surface area contributed by atoms with E-state index in [4.69, 9.17) is 0 Å². The molecule has 5 heteroatoms. The quantitative estimate of drug-likeness (QED) is 0.774. The van der Waals surface area contributed by atoms with Gasteiger partial charge in [-0.05, 0) is 70.8 Å². The van der Waals surface area contributed by atoms with E-state index in [1.807, 2.05) is 11.8 Å². The number of carbonyl (C=O) groups is 2. The predicted molar refractivity (Wildman–Crippen MR) is 94.5 cm³/mol. The molecule has 0 spiro atoms. The minimum atomic E-state index is -0.0133. The van der Waals surface area contributed by atoms with Crippen molar-refractivity contribution in [3.05, 3.63) is 11.1 Å². The number of nitrogens with zero attached hydrogens (tertiary/aromatic N) is 1. The van der Waals surface area contributed by atoms with Gasteiger partial charge in [-0.2, -0.15) is 0 Å². The lowest BCUT2D eigenvalue weighted by atomic mass is 9.96. The first-order valence-electron chi connectivity index (χ1n) is 9.64. The number of allylic oxidation sites excluding steroid dienone is 1. The van der Waals surface area contributed by atoms with E-state index >= 15 is 0 Å². The second-order valence-corrected chi connectivity index (χ2v) is 7.59. The van der Waals surface area contributed by atoms with Gasteiger partial charge in [-0.15, -0.1) is 0 Å². The molecule has 0 aromatic carbocycles. The largest absolute Gasteiger partial charge is 0.354 e. The molecule has 2 heterocycles. The van der Waals surface area contributed by atoms with Crippen LogP contribution in [0.1, 0.15) is 58.3 Å². The molecule has 134 valence electrons. The molecular weight excluding hydrogens is 302 g/mol. The van der Waals surface area contributed by atoms with Crippen LogP contribution in [0.2, 0.25) is 0 Å². The lowest BCUT2D eigenvalue weighted by molar-refractivity contribution is -0.128. The number of hydrogen-bond donors (Lipinski definition) is 2. The number of rotatable bonds is 4. The second kappa shape index (κ2) is 8.15.